The molecule has 0 aliphatic heterocycles. The summed E-state index contributed by atoms with van der Waals surface area (Å²) in [7, 11) is 0. The molecule has 0 bridgehead atoms. The molecule has 9 nitrogen and oxygen atoms in total. The lowest BCUT2D eigenvalue weighted by molar-refractivity contribution is -0.123. The first-order chi connectivity index (χ1) is 13.9. The molecule has 1 atom stereocenters. The Hall–Kier alpha value is -3.72. The minimum absolute atomic E-state index is 0.0618. The number of H-pyrrole nitrogens is 1. The number of benzene rings is 2. The third kappa shape index (κ3) is 4.41. The average molecular weight is 414 g/mol. The van der Waals surface area contributed by atoms with Gasteiger partial charge in [0.05, 0.1) is 16.0 Å². The average Bonchev–Trinajstić information content (AvgIpc) is 2.72. The number of amides is 3. The van der Waals surface area contributed by atoms with Gasteiger partial charge in [0.25, 0.3) is 23.3 Å². The molecule has 0 unspecified atom stereocenters. The molecular formula is C19H16ClN5O4. The van der Waals surface area contributed by atoms with Crippen molar-refractivity contribution in [2.45, 2.75) is 13.0 Å². The molecule has 29 heavy (non-hydrogen) atoms. The molecule has 0 radical (unpaired) electrons. The number of halogens is 1. The van der Waals surface area contributed by atoms with Crippen LogP contribution in [0.5, 0.6) is 0 Å². The van der Waals surface area contributed by atoms with Crippen molar-refractivity contribution in [1.29, 1.82) is 0 Å². The molecule has 3 aromatic rings. The Kier molecular flexibility index (Phi) is 5.89. The van der Waals surface area contributed by atoms with Gasteiger partial charge in [-0.3, -0.25) is 30.0 Å². The van der Waals surface area contributed by atoms with E-state index in [0.29, 0.717) is 10.8 Å². The van der Waals surface area contributed by atoms with Crippen LogP contribution in [0.4, 0.5) is 0 Å². The second-order valence-electron chi connectivity index (χ2n) is 6.07. The van der Waals surface area contributed by atoms with Crippen LogP contribution in [0.3, 0.4) is 0 Å². The molecule has 2 aromatic carbocycles. The van der Waals surface area contributed by atoms with Crippen molar-refractivity contribution in [3.05, 3.63) is 75.2 Å². The Morgan fingerprint density at radius 2 is 1.62 bits per heavy atom. The van der Waals surface area contributed by atoms with Crippen molar-refractivity contribution in [3.8, 4) is 0 Å². The minimum atomic E-state index is -0.959. The Bertz CT molecular complexity index is 1160. The highest BCUT2D eigenvalue weighted by atomic mass is 35.5. The number of carbonyl (C=O) groups is 3. The van der Waals surface area contributed by atoms with Crippen molar-refractivity contribution in [3.63, 3.8) is 0 Å². The standard InChI is InChI=1S/C19H16ClN5O4/c1-10(21-17(27)13-8-4-5-9-14(13)20)16(26)23-25-19(29)15-11-6-2-3-7-12(11)18(28)24-22-15/h2-10H,1H3,(H,21,27)(H,23,26)(H,24,28)(H,25,29)/t10-/m0/s1. The smallest absolute Gasteiger partial charge is 0.290 e. The molecule has 4 N–H and O–H groups in total. The van der Waals surface area contributed by atoms with Crippen LogP contribution in [-0.2, 0) is 4.79 Å². The van der Waals surface area contributed by atoms with Gasteiger partial charge in [0.15, 0.2) is 5.69 Å². The Morgan fingerprint density at radius 3 is 2.34 bits per heavy atom. The third-order valence-electron chi connectivity index (χ3n) is 4.07. The van der Waals surface area contributed by atoms with Crippen LogP contribution >= 0.6 is 11.6 Å². The topological polar surface area (TPSA) is 133 Å². The Morgan fingerprint density at radius 1 is 0.966 bits per heavy atom. The summed E-state index contributed by atoms with van der Waals surface area (Å²) < 4.78 is 0. The molecule has 0 aliphatic rings. The first-order valence-corrected chi connectivity index (χ1v) is 8.89. The molecule has 0 fully saturated rings. The first-order valence-electron chi connectivity index (χ1n) is 8.51. The first kappa shape index (κ1) is 20.0. The lowest BCUT2D eigenvalue weighted by Gasteiger charge is -2.15. The summed E-state index contributed by atoms with van der Waals surface area (Å²) in [6.07, 6.45) is 0. The number of aromatic amines is 1. The molecule has 1 aromatic heterocycles. The fourth-order valence-electron chi connectivity index (χ4n) is 2.56. The summed E-state index contributed by atoms with van der Waals surface area (Å²) in [6, 6.07) is 11.9. The van der Waals surface area contributed by atoms with E-state index in [0.717, 1.165) is 0 Å². The van der Waals surface area contributed by atoms with Gasteiger partial charge in [-0.2, -0.15) is 5.10 Å². The second-order valence-corrected chi connectivity index (χ2v) is 6.47. The number of aromatic nitrogens is 2. The number of nitrogens with one attached hydrogen (secondary N) is 4. The predicted octanol–water partition coefficient (Wildman–Crippen LogP) is 1.16. The van der Waals surface area contributed by atoms with E-state index >= 15 is 0 Å². The zero-order valence-corrected chi connectivity index (χ0v) is 15.9. The van der Waals surface area contributed by atoms with Gasteiger partial charge in [0, 0.05) is 5.39 Å². The molecule has 3 rings (SSSR count). The minimum Gasteiger partial charge on any atom is -0.340 e. The van der Waals surface area contributed by atoms with Gasteiger partial charge < -0.3 is 5.32 Å². The summed E-state index contributed by atoms with van der Waals surface area (Å²) in [5.41, 5.74) is 4.16. The predicted molar refractivity (Wildman–Crippen MR) is 106 cm³/mol. The normalized spacial score (nSPS) is 11.5. The molecule has 0 saturated heterocycles. The number of hydrogen-bond acceptors (Lipinski definition) is 5. The Balaban J connectivity index is 1.64. The highest BCUT2D eigenvalue weighted by molar-refractivity contribution is 6.33. The highest BCUT2D eigenvalue weighted by Crippen LogP contribution is 2.14. The fraction of sp³-hybridized carbons (Fsp3) is 0.105. The van der Waals surface area contributed by atoms with E-state index in [1.807, 2.05) is 0 Å². The van der Waals surface area contributed by atoms with E-state index in [2.05, 4.69) is 26.4 Å². The summed E-state index contributed by atoms with van der Waals surface area (Å²) in [6.45, 7) is 1.45. The van der Waals surface area contributed by atoms with Gasteiger partial charge in [-0.1, -0.05) is 41.9 Å². The van der Waals surface area contributed by atoms with E-state index in [4.69, 9.17) is 11.6 Å². The molecular weight excluding hydrogens is 398 g/mol. The van der Waals surface area contributed by atoms with E-state index in [9.17, 15) is 19.2 Å². The molecule has 148 valence electrons. The van der Waals surface area contributed by atoms with E-state index in [1.54, 1.807) is 42.5 Å². The monoisotopic (exact) mass is 413 g/mol. The number of carbonyl (C=O) groups excluding carboxylic acids is 3. The van der Waals surface area contributed by atoms with Crippen molar-refractivity contribution in [2.24, 2.45) is 0 Å². The third-order valence-corrected chi connectivity index (χ3v) is 4.40. The maximum Gasteiger partial charge on any atom is 0.290 e. The lowest BCUT2D eigenvalue weighted by Crippen LogP contribution is -2.51. The van der Waals surface area contributed by atoms with Crippen LogP contribution in [0.15, 0.2) is 53.3 Å². The van der Waals surface area contributed by atoms with Crippen molar-refractivity contribution >= 4 is 40.1 Å². The van der Waals surface area contributed by atoms with Gasteiger partial charge in [-0.05, 0) is 25.1 Å². The van der Waals surface area contributed by atoms with Gasteiger partial charge in [0.2, 0.25) is 0 Å². The van der Waals surface area contributed by atoms with Crippen LogP contribution in [0.1, 0.15) is 27.8 Å². The summed E-state index contributed by atoms with van der Waals surface area (Å²) in [5.74, 6) is -1.92. The quantitative estimate of drug-likeness (QED) is 0.476. The summed E-state index contributed by atoms with van der Waals surface area (Å²) in [5, 5.41) is 9.34. The number of fused-ring (bicyclic) bond motifs is 1. The molecule has 3 amide bonds. The maximum atomic E-state index is 12.4. The maximum absolute atomic E-state index is 12.4. The van der Waals surface area contributed by atoms with E-state index < -0.39 is 29.3 Å². The molecule has 0 saturated carbocycles. The van der Waals surface area contributed by atoms with Crippen LogP contribution in [0.25, 0.3) is 10.8 Å². The molecule has 10 heteroatoms. The van der Waals surface area contributed by atoms with Gasteiger partial charge in [-0.15, -0.1) is 0 Å². The SMILES string of the molecule is C[C@H](NC(=O)c1ccccc1Cl)C(=O)NNC(=O)c1n[nH]c(=O)c2ccccc12. The number of hydrogen-bond donors (Lipinski definition) is 4. The number of rotatable bonds is 4. The van der Waals surface area contributed by atoms with Crippen LogP contribution in [0.2, 0.25) is 5.02 Å². The lowest BCUT2D eigenvalue weighted by atomic mass is 10.1. The van der Waals surface area contributed by atoms with Crippen LogP contribution in [-0.4, -0.2) is 34.0 Å². The zero-order chi connectivity index (χ0) is 21.0. The highest BCUT2D eigenvalue weighted by Gasteiger charge is 2.20. The van der Waals surface area contributed by atoms with Crippen molar-refractivity contribution in [2.75, 3.05) is 0 Å². The summed E-state index contributed by atoms with van der Waals surface area (Å²) >= 11 is 5.96. The number of hydrazine groups is 1. The molecule has 0 aliphatic carbocycles. The van der Waals surface area contributed by atoms with Gasteiger partial charge >= 0.3 is 0 Å². The number of nitrogens with zero attached hydrogens (tertiary/aromatic N) is 1. The van der Waals surface area contributed by atoms with Crippen LogP contribution in [0, 0.1) is 0 Å². The second kappa shape index (κ2) is 8.53. The van der Waals surface area contributed by atoms with Gasteiger partial charge in [0.1, 0.15) is 6.04 Å². The van der Waals surface area contributed by atoms with E-state index in [1.165, 1.54) is 13.0 Å². The molecule has 1 heterocycles. The fourth-order valence-corrected chi connectivity index (χ4v) is 2.78. The van der Waals surface area contributed by atoms with Crippen molar-refractivity contribution < 1.29 is 14.4 Å². The largest absolute Gasteiger partial charge is 0.340 e. The zero-order valence-electron chi connectivity index (χ0n) is 15.2. The Labute approximate surface area is 169 Å². The van der Waals surface area contributed by atoms with Crippen molar-refractivity contribution in [1.82, 2.24) is 26.4 Å². The summed E-state index contributed by atoms with van der Waals surface area (Å²) in [4.78, 5) is 48.6. The van der Waals surface area contributed by atoms with Crippen LogP contribution < -0.4 is 21.7 Å². The van der Waals surface area contributed by atoms with E-state index in [-0.39, 0.29) is 16.3 Å². The molecule has 0 spiro atoms. The van der Waals surface area contributed by atoms with Gasteiger partial charge in [-0.25, -0.2) is 5.10 Å².